The van der Waals surface area contributed by atoms with Gasteiger partial charge in [-0.25, -0.2) is 4.99 Å². The molecular formula is C25H36IN5O2. The predicted octanol–water partition coefficient (Wildman–Crippen LogP) is 3.57. The lowest BCUT2D eigenvalue weighted by Gasteiger charge is -2.30. The molecule has 3 rings (SSSR count). The Morgan fingerprint density at radius 1 is 1.09 bits per heavy atom. The summed E-state index contributed by atoms with van der Waals surface area (Å²) in [5.41, 5.74) is 2.90. The Morgan fingerprint density at radius 2 is 1.79 bits per heavy atom. The van der Waals surface area contributed by atoms with Crippen LogP contribution in [-0.2, 0) is 6.54 Å². The molecular weight excluding hydrogens is 529 g/mol. The molecule has 1 fully saturated rings. The fourth-order valence-corrected chi connectivity index (χ4v) is 4.04. The highest BCUT2D eigenvalue weighted by atomic mass is 127. The number of nitrogens with zero attached hydrogens (tertiary/aromatic N) is 2. The summed E-state index contributed by atoms with van der Waals surface area (Å²) >= 11 is 0. The Balaban J connectivity index is 0.00000385. The predicted molar refractivity (Wildman–Crippen MR) is 145 cm³/mol. The van der Waals surface area contributed by atoms with E-state index in [0.29, 0.717) is 12.1 Å². The van der Waals surface area contributed by atoms with Crippen LogP contribution >= 0.6 is 24.0 Å². The lowest BCUT2D eigenvalue weighted by Crippen LogP contribution is -2.42. The molecule has 0 aliphatic carbocycles. The first kappa shape index (κ1) is 26.9. The number of hydrogen-bond donors (Lipinski definition) is 3. The molecule has 1 aliphatic rings. The number of rotatable bonds is 9. The van der Waals surface area contributed by atoms with Gasteiger partial charge in [-0.3, -0.25) is 9.69 Å². The van der Waals surface area contributed by atoms with Crippen molar-refractivity contribution in [3.63, 3.8) is 0 Å². The fraction of sp³-hybridized carbons (Fsp3) is 0.440. The van der Waals surface area contributed by atoms with Crippen LogP contribution < -0.4 is 20.7 Å². The number of nitrogens with one attached hydrogen (secondary N) is 3. The normalized spacial score (nSPS) is 14.8. The molecule has 0 spiro atoms. The van der Waals surface area contributed by atoms with Gasteiger partial charge in [0.1, 0.15) is 5.75 Å². The first-order valence-corrected chi connectivity index (χ1v) is 11.4. The summed E-state index contributed by atoms with van der Waals surface area (Å²) in [6, 6.07) is 16.0. The van der Waals surface area contributed by atoms with Crippen molar-refractivity contribution < 1.29 is 9.53 Å². The number of para-hydroxylation sites is 1. The zero-order valence-corrected chi connectivity index (χ0v) is 22.1. The van der Waals surface area contributed by atoms with E-state index in [1.54, 1.807) is 14.2 Å². The number of aliphatic imine (C=N–C) groups is 1. The van der Waals surface area contributed by atoms with Crippen molar-refractivity contribution in [1.82, 2.24) is 20.9 Å². The molecule has 0 saturated carbocycles. The van der Waals surface area contributed by atoms with Gasteiger partial charge in [0.25, 0.3) is 5.91 Å². The molecule has 1 heterocycles. The molecule has 7 nitrogen and oxygen atoms in total. The fourth-order valence-electron chi connectivity index (χ4n) is 4.04. The van der Waals surface area contributed by atoms with E-state index in [9.17, 15) is 4.79 Å². The van der Waals surface area contributed by atoms with Gasteiger partial charge in [-0.1, -0.05) is 30.3 Å². The summed E-state index contributed by atoms with van der Waals surface area (Å²) in [6.07, 6.45) is 2.46. The summed E-state index contributed by atoms with van der Waals surface area (Å²) in [7, 11) is 3.36. The molecule has 180 valence electrons. The average Bonchev–Trinajstić information content (AvgIpc) is 3.37. The van der Waals surface area contributed by atoms with E-state index in [4.69, 9.17) is 9.73 Å². The summed E-state index contributed by atoms with van der Waals surface area (Å²) in [5.74, 6) is 1.62. The van der Waals surface area contributed by atoms with Crippen LogP contribution in [0, 0.1) is 0 Å². The quantitative estimate of drug-likeness (QED) is 0.246. The van der Waals surface area contributed by atoms with E-state index in [1.165, 1.54) is 18.4 Å². The van der Waals surface area contributed by atoms with Crippen molar-refractivity contribution in [3.05, 3.63) is 65.2 Å². The van der Waals surface area contributed by atoms with Gasteiger partial charge in [0.05, 0.1) is 19.7 Å². The van der Waals surface area contributed by atoms with E-state index in [0.717, 1.165) is 43.5 Å². The van der Waals surface area contributed by atoms with Crippen LogP contribution in [0.5, 0.6) is 5.75 Å². The zero-order chi connectivity index (χ0) is 22.8. The Kier molecular flexibility index (Phi) is 11.5. The van der Waals surface area contributed by atoms with E-state index >= 15 is 0 Å². The second-order valence-electron chi connectivity index (χ2n) is 7.85. The highest BCUT2D eigenvalue weighted by molar-refractivity contribution is 14.0. The number of carbonyl (C=O) groups excluding carboxylic acids is 1. The van der Waals surface area contributed by atoms with Gasteiger partial charge < -0.3 is 20.7 Å². The number of halogens is 1. The molecule has 2 aromatic carbocycles. The molecule has 1 unspecified atom stereocenters. The third kappa shape index (κ3) is 7.60. The van der Waals surface area contributed by atoms with Gasteiger partial charge in [-0.05, 0) is 56.6 Å². The molecule has 3 N–H and O–H groups in total. The maximum atomic E-state index is 11.7. The molecule has 0 aromatic heterocycles. The van der Waals surface area contributed by atoms with Crippen LogP contribution in [0.15, 0.2) is 53.5 Å². The Labute approximate surface area is 214 Å². The van der Waals surface area contributed by atoms with Crippen molar-refractivity contribution >= 4 is 35.8 Å². The van der Waals surface area contributed by atoms with Crippen molar-refractivity contribution in [3.8, 4) is 5.75 Å². The number of carbonyl (C=O) groups is 1. The van der Waals surface area contributed by atoms with Crippen LogP contribution in [0.2, 0.25) is 0 Å². The summed E-state index contributed by atoms with van der Waals surface area (Å²) in [5, 5.41) is 9.52. The topological polar surface area (TPSA) is 78.0 Å². The molecule has 1 atom stereocenters. The number of amides is 1. The second-order valence-corrected chi connectivity index (χ2v) is 7.85. The maximum absolute atomic E-state index is 11.7. The number of benzene rings is 2. The lowest BCUT2D eigenvalue weighted by atomic mass is 10.0. The van der Waals surface area contributed by atoms with E-state index in [-0.39, 0.29) is 35.9 Å². The number of ether oxygens (including phenoxy) is 1. The SMILES string of the molecule is CCNC(=NCc1ccc(C(=O)NC)cc1)NCC(c1ccccc1OC)N1CCCC1.I. The smallest absolute Gasteiger partial charge is 0.251 e. The zero-order valence-electron chi connectivity index (χ0n) is 19.8. The monoisotopic (exact) mass is 565 g/mol. The van der Waals surface area contributed by atoms with Gasteiger partial charge in [0, 0.05) is 31.3 Å². The highest BCUT2D eigenvalue weighted by Gasteiger charge is 2.26. The van der Waals surface area contributed by atoms with Crippen molar-refractivity contribution in [2.75, 3.05) is 40.3 Å². The highest BCUT2D eigenvalue weighted by Crippen LogP contribution is 2.31. The standard InChI is InChI=1S/C25H35N5O2.HI/c1-4-27-25(28-17-19-11-13-20(14-12-19)24(31)26-2)29-18-22(30-15-7-8-16-30)21-9-5-6-10-23(21)32-3;/h5-6,9-14,22H,4,7-8,15-18H2,1-3H3,(H,26,31)(H2,27,28,29);1H. The van der Waals surface area contributed by atoms with E-state index in [1.807, 2.05) is 36.4 Å². The first-order chi connectivity index (χ1) is 15.7. The minimum atomic E-state index is -0.0839. The summed E-state index contributed by atoms with van der Waals surface area (Å²) < 4.78 is 5.65. The molecule has 1 saturated heterocycles. The van der Waals surface area contributed by atoms with Crippen LogP contribution in [0.1, 0.15) is 47.3 Å². The third-order valence-corrected chi connectivity index (χ3v) is 5.75. The minimum Gasteiger partial charge on any atom is -0.496 e. The average molecular weight is 566 g/mol. The molecule has 0 bridgehead atoms. The Hall–Kier alpha value is -2.33. The van der Waals surface area contributed by atoms with Crippen molar-refractivity contribution in [1.29, 1.82) is 0 Å². The van der Waals surface area contributed by atoms with Crippen LogP contribution in [-0.4, -0.2) is 57.1 Å². The van der Waals surface area contributed by atoms with E-state index < -0.39 is 0 Å². The van der Waals surface area contributed by atoms with Gasteiger partial charge in [0.2, 0.25) is 0 Å². The lowest BCUT2D eigenvalue weighted by molar-refractivity contribution is 0.0963. The first-order valence-electron chi connectivity index (χ1n) is 11.4. The Morgan fingerprint density at radius 3 is 2.42 bits per heavy atom. The maximum Gasteiger partial charge on any atom is 0.251 e. The number of likely N-dealkylation sites (tertiary alicyclic amines) is 1. The molecule has 1 amide bonds. The summed E-state index contributed by atoms with van der Waals surface area (Å²) in [4.78, 5) is 19.0. The van der Waals surface area contributed by atoms with Gasteiger partial charge in [0.15, 0.2) is 5.96 Å². The Bertz CT molecular complexity index is 898. The third-order valence-electron chi connectivity index (χ3n) is 5.75. The second kappa shape index (κ2) is 14.0. The van der Waals surface area contributed by atoms with E-state index in [2.05, 4.69) is 39.9 Å². The van der Waals surface area contributed by atoms with Crippen LogP contribution in [0.4, 0.5) is 0 Å². The molecule has 1 aliphatic heterocycles. The number of guanidine groups is 1. The minimum absolute atomic E-state index is 0. The van der Waals surface area contributed by atoms with Crippen molar-refractivity contribution in [2.24, 2.45) is 4.99 Å². The largest absolute Gasteiger partial charge is 0.496 e. The molecule has 33 heavy (non-hydrogen) atoms. The van der Waals surface area contributed by atoms with Crippen LogP contribution in [0.3, 0.4) is 0 Å². The van der Waals surface area contributed by atoms with Crippen LogP contribution in [0.25, 0.3) is 0 Å². The molecule has 2 aromatic rings. The summed E-state index contributed by atoms with van der Waals surface area (Å²) in [6.45, 7) is 6.30. The number of methoxy groups -OCH3 is 1. The number of hydrogen-bond acceptors (Lipinski definition) is 4. The molecule has 0 radical (unpaired) electrons. The van der Waals surface area contributed by atoms with Gasteiger partial charge in [-0.15, -0.1) is 24.0 Å². The molecule has 8 heteroatoms. The van der Waals surface area contributed by atoms with Crippen molar-refractivity contribution in [2.45, 2.75) is 32.4 Å². The van der Waals surface area contributed by atoms with Gasteiger partial charge in [-0.2, -0.15) is 0 Å². The van der Waals surface area contributed by atoms with Gasteiger partial charge >= 0.3 is 0 Å².